The third-order valence-electron chi connectivity index (χ3n) is 4.71. The third-order valence-corrected chi connectivity index (χ3v) is 5.97. The molecule has 1 spiro atoms. The minimum Gasteiger partial charge on any atom is -0.338 e. The summed E-state index contributed by atoms with van der Waals surface area (Å²) >= 11 is 0. The topological polar surface area (TPSA) is 82.1 Å². The highest BCUT2D eigenvalue weighted by Crippen LogP contribution is 2.46. The summed E-state index contributed by atoms with van der Waals surface area (Å²) in [5.74, 6) is -1.85. The summed E-state index contributed by atoms with van der Waals surface area (Å²) in [4.78, 5) is 14.8. The zero-order valence-corrected chi connectivity index (χ0v) is 17.8. The largest absolute Gasteiger partial charge is 0.338 e. The van der Waals surface area contributed by atoms with Gasteiger partial charge < -0.3 is 14.4 Å². The smallest absolute Gasteiger partial charge is 0.297 e. The molecule has 3 rings (SSSR count). The van der Waals surface area contributed by atoms with E-state index in [1.165, 1.54) is 12.1 Å². The van der Waals surface area contributed by atoms with Crippen molar-refractivity contribution in [1.29, 1.82) is 0 Å². The predicted molar refractivity (Wildman–Crippen MR) is 104 cm³/mol. The zero-order valence-electron chi connectivity index (χ0n) is 17.0. The van der Waals surface area contributed by atoms with Crippen LogP contribution in [0.1, 0.15) is 52.5 Å². The lowest BCUT2D eigenvalue weighted by molar-refractivity contribution is -0.256. The normalized spacial score (nSPS) is 19.3. The molecular formula is C20H29NO6S. The second-order valence-corrected chi connectivity index (χ2v) is 10.0. The number of carbonyl (C=O) groups excluding carboxylic acids is 1. The zero-order chi connectivity index (χ0) is 20.6. The number of ether oxygens (including phenoxy) is 2. The lowest BCUT2D eigenvalue weighted by atomic mass is 9.99. The van der Waals surface area contributed by atoms with Crippen LogP contribution in [0.15, 0.2) is 23.1 Å². The van der Waals surface area contributed by atoms with Crippen LogP contribution in [0.2, 0.25) is 0 Å². The summed E-state index contributed by atoms with van der Waals surface area (Å²) in [5, 5.41) is 0. The first-order chi connectivity index (χ1) is 13.1. The Morgan fingerprint density at radius 1 is 1.21 bits per heavy atom. The number of hydrogen-bond donors (Lipinski definition) is 0. The summed E-state index contributed by atoms with van der Waals surface area (Å²) in [7, 11) is -3.96. The average Bonchev–Trinajstić information content (AvgIpc) is 2.87. The van der Waals surface area contributed by atoms with E-state index in [1.807, 2.05) is 27.7 Å². The van der Waals surface area contributed by atoms with E-state index in [4.69, 9.17) is 13.7 Å². The number of unbranched alkanes of at least 4 members (excludes halogenated alkanes) is 1. The van der Waals surface area contributed by atoms with Gasteiger partial charge in [-0.2, -0.15) is 8.42 Å². The molecule has 1 fully saturated rings. The van der Waals surface area contributed by atoms with Gasteiger partial charge in [-0.3, -0.25) is 8.98 Å². The Morgan fingerprint density at radius 2 is 1.89 bits per heavy atom. The summed E-state index contributed by atoms with van der Waals surface area (Å²) < 4.78 is 42.2. The van der Waals surface area contributed by atoms with Gasteiger partial charge in [-0.05, 0) is 36.5 Å². The van der Waals surface area contributed by atoms with Crippen molar-refractivity contribution in [3.63, 3.8) is 0 Å². The van der Waals surface area contributed by atoms with Crippen molar-refractivity contribution < 1.29 is 26.9 Å². The molecule has 1 aromatic rings. The van der Waals surface area contributed by atoms with Crippen molar-refractivity contribution in [2.24, 2.45) is 5.41 Å². The summed E-state index contributed by atoms with van der Waals surface area (Å²) in [5.41, 5.74) is 0.775. The van der Waals surface area contributed by atoms with Gasteiger partial charge in [0.2, 0.25) is 0 Å². The van der Waals surface area contributed by atoms with Gasteiger partial charge in [0, 0.05) is 12.1 Å². The highest BCUT2D eigenvalue weighted by molar-refractivity contribution is 7.86. The van der Waals surface area contributed by atoms with Crippen molar-refractivity contribution in [1.82, 2.24) is 0 Å². The quantitative estimate of drug-likeness (QED) is 0.669. The van der Waals surface area contributed by atoms with Crippen LogP contribution in [0.25, 0.3) is 0 Å². The monoisotopic (exact) mass is 411 g/mol. The van der Waals surface area contributed by atoms with Gasteiger partial charge in [-0.25, -0.2) is 0 Å². The Hall–Kier alpha value is -1.48. The standard InChI is InChI=1S/C20H29NO6S/c1-5-6-10-21-17-9-8-15(28(23,24)27-14-19(2,3)4)13-16(17)20(18(21)22)25-11-7-12-26-20/h8-9,13H,5-7,10-12,14H2,1-4H3. The van der Waals surface area contributed by atoms with E-state index in [0.717, 1.165) is 12.8 Å². The first-order valence-electron chi connectivity index (χ1n) is 9.74. The number of anilines is 1. The Kier molecular flexibility index (Phi) is 5.87. The van der Waals surface area contributed by atoms with E-state index in [0.29, 0.717) is 37.4 Å². The second kappa shape index (κ2) is 7.74. The van der Waals surface area contributed by atoms with Gasteiger partial charge in [0.15, 0.2) is 0 Å². The molecule has 2 heterocycles. The Labute approximate surface area is 167 Å². The van der Waals surface area contributed by atoms with Crippen LogP contribution >= 0.6 is 0 Å². The molecule has 0 atom stereocenters. The second-order valence-electron chi connectivity index (χ2n) is 8.43. The molecule has 0 aliphatic carbocycles. The number of benzene rings is 1. The predicted octanol–water partition coefficient (Wildman–Crippen LogP) is 3.17. The van der Waals surface area contributed by atoms with Gasteiger partial charge in [-0.15, -0.1) is 0 Å². The Balaban J connectivity index is 2.01. The molecule has 0 saturated carbocycles. The molecule has 156 valence electrons. The summed E-state index contributed by atoms with van der Waals surface area (Å²) in [6, 6.07) is 4.58. The first kappa shape index (κ1) is 21.2. The number of rotatable bonds is 6. The van der Waals surface area contributed by atoms with Crippen LogP contribution in [-0.4, -0.2) is 40.7 Å². The van der Waals surface area contributed by atoms with Gasteiger partial charge in [0.1, 0.15) is 0 Å². The lowest BCUT2D eigenvalue weighted by Gasteiger charge is -2.32. The third kappa shape index (κ3) is 3.96. The molecule has 0 bridgehead atoms. The van der Waals surface area contributed by atoms with E-state index in [1.54, 1.807) is 11.0 Å². The SMILES string of the molecule is CCCCN1C(=O)C2(OCCCO2)c2cc(S(=O)(=O)OCC(C)(C)C)ccc21. The van der Waals surface area contributed by atoms with E-state index in [2.05, 4.69) is 0 Å². The Bertz CT molecular complexity index is 837. The van der Waals surface area contributed by atoms with Crippen molar-refractivity contribution in [3.05, 3.63) is 23.8 Å². The molecule has 0 aromatic heterocycles. The van der Waals surface area contributed by atoms with Crippen molar-refractivity contribution in [2.75, 3.05) is 31.3 Å². The lowest BCUT2D eigenvalue weighted by Crippen LogP contribution is -2.47. The molecule has 2 aliphatic rings. The van der Waals surface area contributed by atoms with Crippen LogP contribution < -0.4 is 4.90 Å². The minimum atomic E-state index is -3.96. The van der Waals surface area contributed by atoms with E-state index < -0.39 is 15.9 Å². The minimum absolute atomic E-state index is 0.00205. The number of amides is 1. The molecule has 1 saturated heterocycles. The Morgan fingerprint density at radius 3 is 2.50 bits per heavy atom. The molecule has 2 aliphatic heterocycles. The molecular weight excluding hydrogens is 382 g/mol. The van der Waals surface area contributed by atoms with Crippen LogP contribution in [0.3, 0.4) is 0 Å². The maximum Gasteiger partial charge on any atom is 0.297 e. The van der Waals surface area contributed by atoms with Crippen molar-refractivity contribution >= 4 is 21.7 Å². The molecule has 0 radical (unpaired) electrons. The van der Waals surface area contributed by atoms with E-state index in [-0.39, 0.29) is 22.8 Å². The van der Waals surface area contributed by atoms with Crippen LogP contribution in [0, 0.1) is 5.41 Å². The molecule has 28 heavy (non-hydrogen) atoms. The van der Waals surface area contributed by atoms with Gasteiger partial charge >= 0.3 is 0 Å². The molecule has 8 heteroatoms. The maximum absolute atomic E-state index is 13.2. The van der Waals surface area contributed by atoms with Crippen molar-refractivity contribution in [3.8, 4) is 0 Å². The molecule has 1 amide bonds. The van der Waals surface area contributed by atoms with Gasteiger partial charge in [0.25, 0.3) is 21.8 Å². The van der Waals surface area contributed by atoms with Gasteiger partial charge in [-0.1, -0.05) is 34.1 Å². The average molecular weight is 412 g/mol. The fourth-order valence-electron chi connectivity index (χ4n) is 3.24. The molecule has 0 unspecified atom stereocenters. The molecule has 1 aromatic carbocycles. The number of nitrogens with zero attached hydrogens (tertiary/aromatic N) is 1. The first-order valence-corrected chi connectivity index (χ1v) is 11.2. The number of fused-ring (bicyclic) bond motifs is 2. The maximum atomic E-state index is 13.2. The summed E-state index contributed by atoms with van der Waals surface area (Å²) in [6.07, 6.45) is 2.45. The molecule has 7 nitrogen and oxygen atoms in total. The highest BCUT2D eigenvalue weighted by atomic mass is 32.2. The van der Waals surface area contributed by atoms with Gasteiger partial charge in [0.05, 0.1) is 30.4 Å². The highest BCUT2D eigenvalue weighted by Gasteiger charge is 2.55. The van der Waals surface area contributed by atoms with Crippen LogP contribution in [0.4, 0.5) is 5.69 Å². The number of hydrogen-bond acceptors (Lipinski definition) is 6. The molecule has 0 N–H and O–H groups in total. The fraction of sp³-hybridized carbons (Fsp3) is 0.650. The van der Waals surface area contributed by atoms with Crippen LogP contribution in [-0.2, 0) is 34.4 Å². The van der Waals surface area contributed by atoms with E-state index >= 15 is 0 Å². The van der Waals surface area contributed by atoms with Crippen molar-refractivity contribution in [2.45, 2.75) is 57.6 Å². The summed E-state index contributed by atoms with van der Waals surface area (Å²) in [6.45, 7) is 9.09. The fourth-order valence-corrected chi connectivity index (χ4v) is 4.39. The van der Waals surface area contributed by atoms with Crippen LogP contribution in [0.5, 0.6) is 0 Å². The van der Waals surface area contributed by atoms with E-state index in [9.17, 15) is 13.2 Å². The number of carbonyl (C=O) groups is 1.